The third-order valence-electron chi connectivity index (χ3n) is 5.77. The van der Waals surface area contributed by atoms with Crippen molar-refractivity contribution >= 4 is 17.2 Å². The molecule has 1 aliphatic carbocycles. The number of carbonyl (C=O) groups is 1. The molecule has 1 heterocycles. The third-order valence-corrected chi connectivity index (χ3v) is 6.82. The number of amides is 1. The van der Waals surface area contributed by atoms with E-state index in [1.54, 1.807) is 25.6 Å². The lowest BCUT2D eigenvalue weighted by molar-refractivity contribution is 0.0953. The van der Waals surface area contributed by atoms with Crippen LogP contribution in [-0.2, 0) is 19.3 Å². The highest BCUT2D eigenvalue weighted by Gasteiger charge is 2.31. The van der Waals surface area contributed by atoms with Gasteiger partial charge in [-0.25, -0.2) is 0 Å². The van der Waals surface area contributed by atoms with Gasteiger partial charge in [0.25, 0.3) is 5.91 Å². The Morgan fingerprint density at radius 3 is 2.64 bits per heavy atom. The van der Waals surface area contributed by atoms with E-state index in [-0.39, 0.29) is 5.91 Å². The van der Waals surface area contributed by atoms with Gasteiger partial charge in [-0.05, 0) is 60.3 Å². The van der Waals surface area contributed by atoms with E-state index < -0.39 is 0 Å². The maximum absolute atomic E-state index is 12.7. The molecule has 1 amide bonds. The van der Waals surface area contributed by atoms with E-state index in [2.05, 4.69) is 26.1 Å². The van der Waals surface area contributed by atoms with Gasteiger partial charge in [-0.15, -0.1) is 11.3 Å². The summed E-state index contributed by atoms with van der Waals surface area (Å²) in [6.45, 7) is 7.55. The molecule has 0 saturated carbocycles. The van der Waals surface area contributed by atoms with Crippen LogP contribution in [0.15, 0.2) is 23.6 Å². The molecule has 1 N–H and O–H groups in total. The minimum atomic E-state index is 0.0483. The summed E-state index contributed by atoms with van der Waals surface area (Å²) in [4.78, 5) is 14.1. The minimum absolute atomic E-state index is 0.0483. The Morgan fingerprint density at radius 1 is 1.21 bits per heavy atom. The first-order valence-electron chi connectivity index (χ1n) is 9.91. The molecule has 0 bridgehead atoms. The van der Waals surface area contributed by atoms with Crippen LogP contribution in [0.5, 0.6) is 11.5 Å². The van der Waals surface area contributed by atoms with E-state index in [0.29, 0.717) is 29.4 Å². The summed E-state index contributed by atoms with van der Waals surface area (Å²) in [7, 11) is 3.26. The maximum Gasteiger partial charge on any atom is 0.252 e. The average molecular weight is 402 g/mol. The number of rotatable bonds is 6. The van der Waals surface area contributed by atoms with Crippen molar-refractivity contribution < 1.29 is 14.3 Å². The highest BCUT2D eigenvalue weighted by molar-refractivity contribution is 7.10. The van der Waals surface area contributed by atoms with Crippen LogP contribution in [0.3, 0.4) is 0 Å². The van der Waals surface area contributed by atoms with Crippen LogP contribution in [0.1, 0.15) is 53.6 Å². The van der Waals surface area contributed by atoms with Crippen LogP contribution in [0.2, 0.25) is 0 Å². The quantitative estimate of drug-likeness (QED) is 0.750. The Morgan fingerprint density at radius 2 is 1.96 bits per heavy atom. The zero-order chi connectivity index (χ0) is 20.3. The molecule has 1 aromatic heterocycles. The van der Waals surface area contributed by atoms with Crippen molar-refractivity contribution in [2.24, 2.45) is 11.3 Å². The van der Waals surface area contributed by atoms with Gasteiger partial charge in [-0.2, -0.15) is 0 Å². The molecular weight excluding hydrogens is 370 g/mol. The van der Waals surface area contributed by atoms with Gasteiger partial charge in [-0.1, -0.05) is 26.8 Å². The Hall–Kier alpha value is -2.01. The SMILES string of the molecule is COc1ccc(CCNC(=O)c2csc3c2CCC(C(C)(C)C)C3)cc1OC. The minimum Gasteiger partial charge on any atom is -0.493 e. The van der Waals surface area contributed by atoms with Gasteiger partial charge in [0.2, 0.25) is 0 Å². The molecule has 0 fully saturated rings. The van der Waals surface area contributed by atoms with Crippen LogP contribution < -0.4 is 14.8 Å². The Bertz CT molecular complexity index is 835. The van der Waals surface area contributed by atoms with Crippen LogP contribution in [0, 0.1) is 11.3 Å². The van der Waals surface area contributed by atoms with Crippen LogP contribution in [-0.4, -0.2) is 26.7 Å². The first kappa shape index (κ1) is 20.7. The van der Waals surface area contributed by atoms with Crippen LogP contribution in [0.4, 0.5) is 0 Å². The zero-order valence-corrected chi connectivity index (χ0v) is 18.4. The predicted molar refractivity (Wildman–Crippen MR) is 115 cm³/mol. The summed E-state index contributed by atoms with van der Waals surface area (Å²) in [5.41, 5.74) is 3.58. The number of hydrogen-bond donors (Lipinski definition) is 1. The van der Waals surface area contributed by atoms with Gasteiger partial charge in [0, 0.05) is 16.8 Å². The largest absolute Gasteiger partial charge is 0.493 e. The zero-order valence-electron chi connectivity index (χ0n) is 17.6. The van der Waals surface area contributed by atoms with Gasteiger partial charge >= 0.3 is 0 Å². The van der Waals surface area contributed by atoms with Gasteiger partial charge in [0.1, 0.15) is 0 Å². The molecule has 3 rings (SSSR count). The molecule has 5 heteroatoms. The molecule has 0 aliphatic heterocycles. The smallest absolute Gasteiger partial charge is 0.252 e. The van der Waals surface area contributed by atoms with E-state index in [1.165, 1.54) is 16.9 Å². The number of fused-ring (bicyclic) bond motifs is 1. The fourth-order valence-electron chi connectivity index (χ4n) is 3.89. The lowest BCUT2D eigenvalue weighted by Crippen LogP contribution is -2.29. The number of ether oxygens (including phenoxy) is 2. The molecule has 28 heavy (non-hydrogen) atoms. The summed E-state index contributed by atoms with van der Waals surface area (Å²) in [5.74, 6) is 2.17. The molecule has 0 saturated heterocycles. The fourth-order valence-corrected chi connectivity index (χ4v) is 5.05. The number of methoxy groups -OCH3 is 2. The molecule has 4 nitrogen and oxygen atoms in total. The fraction of sp³-hybridized carbons (Fsp3) is 0.522. The average Bonchev–Trinajstić information content (AvgIpc) is 3.10. The van der Waals surface area contributed by atoms with Crippen molar-refractivity contribution in [2.75, 3.05) is 20.8 Å². The second-order valence-corrected chi connectivity index (χ2v) is 9.52. The van der Waals surface area contributed by atoms with Crippen molar-refractivity contribution in [3.05, 3.63) is 45.1 Å². The topological polar surface area (TPSA) is 47.6 Å². The molecular formula is C23H31NO3S. The van der Waals surface area contributed by atoms with Gasteiger partial charge in [0.15, 0.2) is 11.5 Å². The number of hydrogen-bond acceptors (Lipinski definition) is 4. The summed E-state index contributed by atoms with van der Waals surface area (Å²) in [6.07, 6.45) is 4.03. The first-order valence-corrected chi connectivity index (χ1v) is 10.8. The van der Waals surface area contributed by atoms with Crippen molar-refractivity contribution in [3.8, 4) is 11.5 Å². The summed E-state index contributed by atoms with van der Waals surface area (Å²) >= 11 is 1.75. The normalized spacial score (nSPS) is 16.4. The molecule has 1 atom stereocenters. The van der Waals surface area contributed by atoms with Crippen molar-refractivity contribution in [3.63, 3.8) is 0 Å². The lowest BCUT2D eigenvalue weighted by Gasteiger charge is -2.34. The highest BCUT2D eigenvalue weighted by atomic mass is 32.1. The second kappa shape index (κ2) is 8.56. The van der Waals surface area contributed by atoms with Gasteiger partial charge in [0.05, 0.1) is 19.8 Å². The first-order chi connectivity index (χ1) is 13.3. The number of benzene rings is 1. The molecule has 1 aromatic carbocycles. The van der Waals surface area contributed by atoms with Gasteiger partial charge < -0.3 is 14.8 Å². The monoisotopic (exact) mass is 401 g/mol. The number of nitrogens with one attached hydrogen (secondary N) is 1. The second-order valence-electron chi connectivity index (χ2n) is 8.55. The summed E-state index contributed by atoms with van der Waals surface area (Å²) < 4.78 is 10.6. The Kier molecular flexibility index (Phi) is 6.33. The number of thiophene rings is 1. The lowest BCUT2D eigenvalue weighted by atomic mass is 9.72. The third kappa shape index (κ3) is 4.52. The van der Waals surface area contributed by atoms with Crippen molar-refractivity contribution in [1.29, 1.82) is 0 Å². The number of carbonyl (C=O) groups excluding carboxylic acids is 1. The molecule has 0 radical (unpaired) electrons. The molecule has 152 valence electrons. The Balaban J connectivity index is 1.59. The molecule has 2 aromatic rings. The van der Waals surface area contributed by atoms with Crippen molar-refractivity contribution in [1.82, 2.24) is 5.32 Å². The summed E-state index contributed by atoms with van der Waals surface area (Å²) in [6, 6.07) is 5.87. The van der Waals surface area contributed by atoms with Crippen LogP contribution in [0.25, 0.3) is 0 Å². The van der Waals surface area contributed by atoms with Gasteiger partial charge in [-0.3, -0.25) is 4.79 Å². The molecule has 1 unspecified atom stereocenters. The van der Waals surface area contributed by atoms with Crippen LogP contribution >= 0.6 is 11.3 Å². The van der Waals surface area contributed by atoms with E-state index in [1.807, 2.05) is 23.6 Å². The van der Waals surface area contributed by atoms with E-state index in [9.17, 15) is 4.79 Å². The Labute approximate surface area is 172 Å². The standard InChI is InChI=1S/C23H31NO3S/c1-23(2,3)16-7-8-17-18(14-28-21(17)13-16)22(25)24-11-10-15-6-9-19(26-4)20(12-15)27-5/h6,9,12,14,16H,7-8,10-11,13H2,1-5H3,(H,24,25). The summed E-state index contributed by atoms with van der Waals surface area (Å²) in [5, 5.41) is 5.13. The molecule has 1 aliphatic rings. The highest BCUT2D eigenvalue weighted by Crippen LogP contribution is 2.40. The predicted octanol–water partition coefficient (Wildman–Crippen LogP) is 4.89. The van der Waals surface area contributed by atoms with E-state index in [0.717, 1.165) is 30.4 Å². The maximum atomic E-state index is 12.7. The van der Waals surface area contributed by atoms with E-state index >= 15 is 0 Å². The molecule has 0 spiro atoms. The van der Waals surface area contributed by atoms with E-state index in [4.69, 9.17) is 9.47 Å². The van der Waals surface area contributed by atoms with Crippen molar-refractivity contribution in [2.45, 2.75) is 46.5 Å².